The monoisotopic (exact) mass is 256 g/mol. The Bertz CT molecular complexity index is 497. The van der Waals surface area contributed by atoms with E-state index in [-0.39, 0.29) is 29.4 Å². The number of nitrogen functional groups attached to an aromatic ring is 1. The SMILES string of the molecule is CCS(=O)(=O)CCCC(=O)c1ncccc1N. The first-order valence-corrected chi connectivity index (χ1v) is 7.22. The number of nitrogens with two attached hydrogens (primary N) is 1. The number of rotatable bonds is 6. The summed E-state index contributed by atoms with van der Waals surface area (Å²) in [4.78, 5) is 15.6. The van der Waals surface area contributed by atoms with Crippen LogP contribution in [0.2, 0.25) is 0 Å². The maximum atomic E-state index is 11.7. The van der Waals surface area contributed by atoms with Crippen molar-refractivity contribution in [2.24, 2.45) is 0 Å². The second-order valence-corrected chi connectivity index (χ2v) is 6.18. The zero-order valence-electron chi connectivity index (χ0n) is 9.72. The predicted octanol–water partition coefficient (Wildman–Crippen LogP) is 1.06. The van der Waals surface area contributed by atoms with Crippen molar-refractivity contribution in [1.29, 1.82) is 0 Å². The van der Waals surface area contributed by atoms with Crippen LogP contribution in [-0.2, 0) is 9.84 Å². The minimum absolute atomic E-state index is 0.0297. The van der Waals surface area contributed by atoms with Crippen LogP contribution < -0.4 is 5.73 Å². The number of hydrogen-bond donors (Lipinski definition) is 1. The van der Waals surface area contributed by atoms with Gasteiger partial charge in [0.05, 0.1) is 11.4 Å². The first-order chi connectivity index (χ1) is 7.96. The molecule has 2 N–H and O–H groups in total. The molecule has 0 aliphatic rings. The number of aromatic nitrogens is 1. The van der Waals surface area contributed by atoms with Gasteiger partial charge in [-0.1, -0.05) is 6.92 Å². The summed E-state index contributed by atoms with van der Waals surface area (Å²) in [7, 11) is -3.01. The third-order valence-corrected chi connectivity index (χ3v) is 4.19. The third-order valence-electron chi connectivity index (χ3n) is 2.40. The van der Waals surface area contributed by atoms with Gasteiger partial charge in [-0.2, -0.15) is 0 Å². The molecule has 6 heteroatoms. The van der Waals surface area contributed by atoms with Crippen molar-refractivity contribution in [3.63, 3.8) is 0 Å². The Kier molecular flexibility index (Phi) is 4.62. The zero-order valence-corrected chi connectivity index (χ0v) is 10.5. The number of nitrogens with zero attached hydrogens (tertiary/aromatic N) is 1. The Morgan fingerprint density at radius 1 is 1.47 bits per heavy atom. The number of Topliss-reactive ketones (excluding diaryl/α,β-unsaturated/α-hetero) is 1. The van der Waals surface area contributed by atoms with Crippen molar-refractivity contribution in [3.05, 3.63) is 24.0 Å². The number of carbonyl (C=O) groups excluding carboxylic acids is 1. The zero-order chi connectivity index (χ0) is 12.9. The summed E-state index contributed by atoms with van der Waals surface area (Å²) in [5.41, 5.74) is 6.16. The number of carbonyl (C=O) groups is 1. The summed E-state index contributed by atoms with van der Waals surface area (Å²) in [5, 5.41) is 0. The van der Waals surface area contributed by atoms with E-state index in [9.17, 15) is 13.2 Å². The lowest BCUT2D eigenvalue weighted by Gasteiger charge is -2.03. The van der Waals surface area contributed by atoms with E-state index in [4.69, 9.17) is 5.73 Å². The molecular weight excluding hydrogens is 240 g/mol. The Labute approximate surface area is 101 Å². The van der Waals surface area contributed by atoms with Crippen LogP contribution in [0, 0.1) is 0 Å². The number of hydrogen-bond acceptors (Lipinski definition) is 5. The van der Waals surface area contributed by atoms with Crippen LogP contribution in [0.4, 0.5) is 5.69 Å². The lowest BCUT2D eigenvalue weighted by molar-refractivity contribution is 0.0978. The first kappa shape index (κ1) is 13.6. The van der Waals surface area contributed by atoms with Crippen molar-refractivity contribution >= 4 is 21.3 Å². The molecule has 1 aromatic heterocycles. The molecule has 0 aliphatic carbocycles. The van der Waals surface area contributed by atoms with Crippen molar-refractivity contribution in [1.82, 2.24) is 4.98 Å². The molecule has 1 rings (SSSR count). The topological polar surface area (TPSA) is 90.1 Å². The summed E-state index contributed by atoms with van der Waals surface area (Å²) < 4.78 is 22.5. The van der Waals surface area contributed by atoms with Gasteiger partial charge >= 0.3 is 0 Å². The number of anilines is 1. The molecule has 0 amide bonds. The quantitative estimate of drug-likeness (QED) is 0.769. The maximum absolute atomic E-state index is 11.7. The second kappa shape index (κ2) is 5.77. The average molecular weight is 256 g/mol. The molecular formula is C11H16N2O3S. The van der Waals surface area contributed by atoms with Gasteiger partial charge in [-0.25, -0.2) is 8.42 Å². The van der Waals surface area contributed by atoms with Crippen molar-refractivity contribution in [2.75, 3.05) is 17.2 Å². The lowest BCUT2D eigenvalue weighted by Crippen LogP contribution is -2.12. The van der Waals surface area contributed by atoms with Crippen LogP contribution in [0.5, 0.6) is 0 Å². The molecule has 5 nitrogen and oxygen atoms in total. The van der Waals surface area contributed by atoms with E-state index in [0.717, 1.165) is 0 Å². The van der Waals surface area contributed by atoms with Crippen LogP contribution in [0.1, 0.15) is 30.3 Å². The fourth-order valence-electron chi connectivity index (χ4n) is 1.37. The highest BCUT2D eigenvalue weighted by molar-refractivity contribution is 7.91. The highest BCUT2D eigenvalue weighted by atomic mass is 32.2. The lowest BCUT2D eigenvalue weighted by atomic mass is 10.1. The van der Waals surface area contributed by atoms with E-state index >= 15 is 0 Å². The Balaban J connectivity index is 2.55. The number of ketones is 1. The molecule has 1 aromatic rings. The van der Waals surface area contributed by atoms with Crippen molar-refractivity contribution < 1.29 is 13.2 Å². The van der Waals surface area contributed by atoms with Crippen LogP contribution in [-0.4, -0.2) is 30.7 Å². The van der Waals surface area contributed by atoms with Gasteiger partial charge in [0.15, 0.2) is 5.78 Å². The number of sulfone groups is 1. The van der Waals surface area contributed by atoms with E-state index in [1.54, 1.807) is 19.1 Å². The normalized spacial score (nSPS) is 11.4. The highest BCUT2D eigenvalue weighted by Crippen LogP contribution is 2.11. The molecule has 0 saturated carbocycles. The fourth-order valence-corrected chi connectivity index (χ4v) is 2.24. The standard InChI is InChI=1S/C11H16N2O3S/c1-2-17(15,16)8-4-6-10(14)11-9(12)5-3-7-13-11/h3,5,7H,2,4,6,8,12H2,1H3. The molecule has 0 aromatic carbocycles. The summed E-state index contributed by atoms with van der Waals surface area (Å²) in [6.07, 6.45) is 1.96. The molecule has 1 heterocycles. The van der Waals surface area contributed by atoms with E-state index in [2.05, 4.69) is 4.98 Å². The van der Waals surface area contributed by atoms with Crippen LogP contribution in [0.3, 0.4) is 0 Å². The third kappa shape index (κ3) is 4.14. The summed E-state index contributed by atoms with van der Waals surface area (Å²) in [6, 6.07) is 3.25. The maximum Gasteiger partial charge on any atom is 0.183 e. The fraction of sp³-hybridized carbons (Fsp3) is 0.455. The molecule has 0 unspecified atom stereocenters. The van der Waals surface area contributed by atoms with Gasteiger partial charge in [0.2, 0.25) is 0 Å². The Morgan fingerprint density at radius 3 is 2.76 bits per heavy atom. The van der Waals surface area contributed by atoms with Crippen LogP contribution in [0.25, 0.3) is 0 Å². The minimum atomic E-state index is -3.01. The molecule has 94 valence electrons. The number of pyridine rings is 1. The Hall–Kier alpha value is -1.43. The van der Waals surface area contributed by atoms with Gasteiger partial charge in [0.1, 0.15) is 15.5 Å². The highest BCUT2D eigenvalue weighted by Gasteiger charge is 2.13. The molecule has 0 aliphatic heterocycles. The van der Waals surface area contributed by atoms with Gasteiger partial charge in [-0.3, -0.25) is 9.78 Å². The summed E-state index contributed by atoms with van der Waals surface area (Å²) in [6.45, 7) is 1.59. The van der Waals surface area contributed by atoms with Crippen molar-refractivity contribution in [2.45, 2.75) is 19.8 Å². The van der Waals surface area contributed by atoms with E-state index in [0.29, 0.717) is 12.1 Å². The van der Waals surface area contributed by atoms with Gasteiger partial charge in [0, 0.05) is 18.4 Å². The minimum Gasteiger partial charge on any atom is -0.397 e. The van der Waals surface area contributed by atoms with Gasteiger partial charge in [-0.15, -0.1) is 0 Å². The molecule has 17 heavy (non-hydrogen) atoms. The average Bonchev–Trinajstić information content (AvgIpc) is 2.29. The van der Waals surface area contributed by atoms with E-state index in [1.165, 1.54) is 6.20 Å². The molecule has 0 spiro atoms. The first-order valence-electron chi connectivity index (χ1n) is 5.40. The van der Waals surface area contributed by atoms with Crippen LogP contribution in [0.15, 0.2) is 18.3 Å². The summed E-state index contributed by atoms with van der Waals surface area (Å²) in [5.74, 6) is -0.0797. The van der Waals surface area contributed by atoms with Crippen molar-refractivity contribution in [3.8, 4) is 0 Å². The molecule has 0 fully saturated rings. The van der Waals surface area contributed by atoms with Crippen LogP contribution >= 0.6 is 0 Å². The predicted molar refractivity (Wildman–Crippen MR) is 66.5 cm³/mol. The Morgan fingerprint density at radius 2 is 2.18 bits per heavy atom. The second-order valence-electron chi connectivity index (χ2n) is 3.70. The molecule has 0 atom stereocenters. The molecule has 0 radical (unpaired) electrons. The van der Waals surface area contributed by atoms with Gasteiger partial charge in [0.25, 0.3) is 0 Å². The molecule has 0 saturated heterocycles. The van der Waals surface area contributed by atoms with Gasteiger partial charge < -0.3 is 5.73 Å². The van der Waals surface area contributed by atoms with E-state index in [1.807, 2.05) is 0 Å². The summed E-state index contributed by atoms with van der Waals surface area (Å²) >= 11 is 0. The smallest absolute Gasteiger partial charge is 0.183 e. The molecule has 0 bridgehead atoms. The largest absolute Gasteiger partial charge is 0.397 e. The van der Waals surface area contributed by atoms with E-state index < -0.39 is 9.84 Å². The van der Waals surface area contributed by atoms with Gasteiger partial charge in [-0.05, 0) is 18.6 Å².